The van der Waals surface area contributed by atoms with Crippen molar-refractivity contribution in [2.75, 3.05) is 6.54 Å². The number of carbonyl (C=O) groups is 5. The molecule has 218 valence electrons. The summed E-state index contributed by atoms with van der Waals surface area (Å²) < 4.78 is 28.9. The number of benzene rings is 1. The quantitative estimate of drug-likeness (QED) is 0.307. The molecular weight excluding hydrogens is 515 g/mol. The Bertz CT molecular complexity index is 1130. The number of amides is 4. The first-order valence-electron chi connectivity index (χ1n) is 12.2. The monoisotopic (exact) mass is 554 g/mol. The van der Waals surface area contributed by atoms with E-state index >= 15 is 0 Å². The molecule has 2 heterocycles. The van der Waals surface area contributed by atoms with Gasteiger partial charge in [0, 0.05) is 27.5 Å². The number of hydrogen-bond donors (Lipinski definition) is 2. The third-order valence-electron chi connectivity index (χ3n) is 5.72. The number of primary amides is 2. The first kappa shape index (κ1) is 31.1. The molecule has 1 unspecified atom stereocenters. The fourth-order valence-corrected chi connectivity index (χ4v) is 4.11. The van der Waals surface area contributed by atoms with Crippen LogP contribution >= 0.6 is 0 Å². The minimum atomic E-state index is -0.944. The maximum atomic E-state index is 13.9. The molecule has 4 N–H and O–H groups in total. The van der Waals surface area contributed by atoms with E-state index in [0.29, 0.717) is 11.1 Å². The SMILES string of the molecule is C=CC(=O)O[C@H](C)CC(=O)N1C[C@H](OC(=O)N2Cc3cccc(F)c3C2)CC1C(N)=O.CC(C)(C)OC(N)=O.[HH].[HH]. The number of likely N-dealkylation sites (tertiary alicyclic amines) is 1. The average molecular weight is 555 g/mol. The number of nitrogens with two attached hydrogens (primary N) is 2. The molecule has 3 atom stereocenters. The lowest BCUT2D eigenvalue weighted by Crippen LogP contribution is -2.44. The maximum Gasteiger partial charge on any atom is 0.410 e. The van der Waals surface area contributed by atoms with E-state index in [9.17, 15) is 28.4 Å². The molecule has 13 heteroatoms. The second kappa shape index (κ2) is 13.1. The standard InChI is InChI=1S/C21H24FN3O6.C5H11NO2.2H2/c1-3-19(27)30-12(2)7-18(26)25-10-14(8-17(25)20(23)28)31-21(29)24-9-13-5-4-6-16(22)15(13)11-24;1-5(2,3)8-4(6)7;;/h3-6,12,14,17H,1,7-11H2,2H3,(H2,23,28);1-3H3,(H2,6,7);2*1H/t12-,14-,17?;;;/m1.../s1. The van der Waals surface area contributed by atoms with Gasteiger partial charge in [-0.05, 0) is 39.3 Å². The van der Waals surface area contributed by atoms with Gasteiger partial charge in [-0.3, -0.25) is 14.5 Å². The summed E-state index contributed by atoms with van der Waals surface area (Å²) >= 11 is 0. The number of nitrogens with zero attached hydrogens (tertiary/aromatic N) is 2. The van der Waals surface area contributed by atoms with E-state index in [4.69, 9.17) is 20.9 Å². The lowest BCUT2D eigenvalue weighted by atomic mass is 10.1. The van der Waals surface area contributed by atoms with Crippen LogP contribution in [-0.2, 0) is 41.7 Å². The van der Waals surface area contributed by atoms with Gasteiger partial charge in [0.05, 0.1) is 19.5 Å². The number of hydrogen-bond acceptors (Lipinski definition) is 8. The molecule has 0 spiro atoms. The van der Waals surface area contributed by atoms with Crippen LogP contribution < -0.4 is 11.5 Å². The lowest BCUT2D eigenvalue weighted by Gasteiger charge is -2.23. The van der Waals surface area contributed by atoms with Crippen molar-refractivity contribution in [3.8, 4) is 0 Å². The molecule has 1 saturated heterocycles. The van der Waals surface area contributed by atoms with Crippen LogP contribution in [0.3, 0.4) is 0 Å². The van der Waals surface area contributed by atoms with Crippen molar-refractivity contribution in [3.05, 3.63) is 47.8 Å². The van der Waals surface area contributed by atoms with Gasteiger partial charge in [-0.2, -0.15) is 0 Å². The van der Waals surface area contributed by atoms with E-state index in [1.165, 1.54) is 22.8 Å². The molecule has 2 aliphatic rings. The zero-order valence-electron chi connectivity index (χ0n) is 22.5. The van der Waals surface area contributed by atoms with Gasteiger partial charge in [-0.1, -0.05) is 18.7 Å². The van der Waals surface area contributed by atoms with Crippen molar-refractivity contribution in [1.29, 1.82) is 0 Å². The van der Waals surface area contributed by atoms with Crippen molar-refractivity contribution < 1.29 is 45.4 Å². The number of esters is 1. The van der Waals surface area contributed by atoms with Crippen molar-refractivity contribution >= 4 is 30.0 Å². The number of ether oxygens (including phenoxy) is 3. The highest BCUT2D eigenvalue weighted by Crippen LogP contribution is 2.28. The number of halogens is 1. The minimum Gasteiger partial charge on any atom is -0.459 e. The highest BCUT2D eigenvalue weighted by atomic mass is 19.1. The van der Waals surface area contributed by atoms with Crippen molar-refractivity contribution in [2.45, 2.75) is 77.5 Å². The lowest BCUT2D eigenvalue weighted by molar-refractivity contribution is -0.147. The Hall–Kier alpha value is -4.16. The smallest absolute Gasteiger partial charge is 0.410 e. The molecule has 39 heavy (non-hydrogen) atoms. The van der Waals surface area contributed by atoms with E-state index in [1.54, 1.807) is 32.9 Å². The summed E-state index contributed by atoms with van der Waals surface area (Å²) in [5, 5.41) is 0. The molecule has 0 aromatic heterocycles. The van der Waals surface area contributed by atoms with Crippen LogP contribution in [-0.4, -0.2) is 70.2 Å². The second-order valence-electron chi connectivity index (χ2n) is 10.1. The van der Waals surface area contributed by atoms with Gasteiger partial charge in [-0.25, -0.2) is 18.8 Å². The Labute approximate surface area is 229 Å². The zero-order valence-corrected chi connectivity index (χ0v) is 22.5. The number of fused-ring (bicyclic) bond motifs is 1. The summed E-state index contributed by atoms with van der Waals surface area (Å²) in [6.45, 7) is 10.4. The predicted octanol–water partition coefficient (Wildman–Crippen LogP) is 2.61. The van der Waals surface area contributed by atoms with E-state index < -0.39 is 53.8 Å². The van der Waals surface area contributed by atoms with Crippen LogP contribution in [0.1, 0.15) is 54.5 Å². The molecule has 4 amide bonds. The summed E-state index contributed by atoms with van der Waals surface area (Å²) in [5.74, 6) is -2.23. The predicted molar refractivity (Wildman–Crippen MR) is 140 cm³/mol. The highest BCUT2D eigenvalue weighted by molar-refractivity contribution is 5.88. The summed E-state index contributed by atoms with van der Waals surface area (Å²) in [5.41, 5.74) is 10.8. The highest BCUT2D eigenvalue weighted by Gasteiger charge is 2.41. The molecule has 1 fully saturated rings. The third-order valence-corrected chi connectivity index (χ3v) is 5.72. The largest absolute Gasteiger partial charge is 0.459 e. The van der Waals surface area contributed by atoms with Crippen molar-refractivity contribution in [1.82, 2.24) is 9.80 Å². The molecule has 0 bridgehead atoms. The fraction of sp³-hybridized carbons (Fsp3) is 0.500. The normalized spacial score (nSPS) is 18.7. The van der Waals surface area contributed by atoms with Crippen LogP contribution in [0.4, 0.5) is 14.0 Å². The molecular formula is C26H39FN4O8. The van der Waals surface area contributed by atoms with E-state index in [1.807, 2.05) is 0 Å². The van der Waals surface area contributed by atoms with Crippen molar-refractivity contribution in [2.24, 2.45) is 11.5 Å². The Balaban J connectivity index is 0.00000140. The van der Waals surface area contributed by atoms with Gasteiger partial charge in [-0.15, -0.1) is 0 Å². The molecule has 1 aromatic carbocycles. The van der Waals surface area contributed by atoms with Gasteiger partial charge in [0.1, 0.15) is 29.7 Å². The molecule has 0 radical (unpaired) electrons. The van der Waals surface area contributed by atoms with Gasteiger partial charge in [0.2, 0.25) is 11.8 Å². The average Bonchev–Trinajstić information content (AvgIpc) is 3.43. The van der Waals surface area contributed by atoms with Crippen LogP contribution in [0.2, 0.25) is 0 Å². The number of rotatable bonds is 6. The third kappa shape index (κ3) is 9.27. The Kier molecular flexibility index (Phi) is 10.4. The Morgan fingerprint density at radius 1 is 1.21 bits per heavy atom. The number of carbonyl (C=O) groups excluding carboxylic acids is 5. The van der Waals surface area contributed by atoms with Gasteiger partial charge < -0.3 is 30.6 Å². The molecule has 3 rings (SSSR count). The summed E-state index contributed by atoms with van der Waals surface area (Å²) in [4.78, 5) is 60.9. The van der Waals surface area contributed by atoms with Crippen LogP contribution in [0.25, 0.3) is 0 Å². The topological polar surface area (TPSA) is 172 Å². The van der Waals surface area contributed by atoms with Gasteiger partial charge in [0.25, 0.3) is 0 Å². The van der Waals surface area contributed by atoms with Crippen LogP contribution in [0.5, 0.6) is 0 Å². The van der Waals surface area contributed by atoms with Crippen molar-refractivity contribution in [3.63, 3.8) is 0 Å². The molecule has 2 aliphatic heterocycles. The fourth-order valence-electron chi connectivity index (χ4n) is 4.11. The summed E-state index contributed by atoms with van der Waals surface area (Å²) in [7, 11) is 0. The first-order valence-corrected chi connectivity index (χ1v) is 12.2. The zero-order chi connectivity index (χ0) is 29.5. The molecule has 0 aliphatic carbocycles. The molecule has 0 saturated carbocycles. The minimum absolute atomic E-state index is 0. The summed E-state index contributed by atoms with van der Waals surface area (Å²) in [6, 6.07) is 3.71. The van der Waals surface area contributed by atoms with E-state index in [0.717, 1.165) is 6.08 Å². The Morgan fingerprint density at radius 3 is 2.38 bits per heavy atom. The van der Waals surface area contributed by atoms with Gasteiger partial charge in [0.15, 0.2) is 0 Å². The van der Waals surface area contributed by atoms with Crippen LogP contribution in [0, 0.1) is 5.82 Å². The molecule has 12 nitrogen and oxygen atoms in total. The van der Waals surface area contributed by atoms with E-state index in [2.05, 4.69) is 11.3 Å². The molecule has 1 aromatic rings. The van der Waals surface area contributed by atoms with E-state index in [-0.39, 0.29) is 41.1 Å². The maximum absolute atomic E-state index is 13.9. The second-order valence-corrected chi connectivity index (χ2v) is 10.1. The first-order chi connectivity index (χ1) is 18.1. The van der Waals surface area contributed by atoms with Gasteiger partial charge >= 0.3 is 18.2 Å². The summed E-state index contributed by atoms with van der Waals surface area (Å²) in [6.07, 6.45) is -1.97. The Morgan fingerprint density at radius 2 is 1.87 bits per heavy atom. The van der Waals surface area contributed by atoms with Crippen LogP contribution in [0.15, 0.2) is 30.9 Å².